The number of pyridine rings is 1. The van der Waals surface area contributed by atoms with Crippen molar-refractivity contribution in [3.63, 3.8) is 0 Å². The summed E-state index contributed by atoms with van der Waals surface area (Å²) >= 11 is 3.52. The monoisotopic (exact) mass is 246 g/mol. The van der Waals surface area contributed by atoms with Gasteiger partial charge in [-0.25, -0.2) is 0 Å². The third kappa shape index (κ3) is 1.65. The summed E-state index contributed by atoms with van der Waals surface area (Å²) in [5.74, 6) is 0. The Morgan fingerprint density at radius 2 is 2.19 bits per heavy atom. The average Bonchev–Trinajstić information content (AvgIpc) is 2.89. The Morgan fingerprint density at radius 1 is 1.25 bits per heavy atom. The summed E-state index contributed by atoms with van der Waals surface area (Å²) in [6.07, 6.45) is 3.60. The topological polar surface area (TPSA) is 38.9 Å². The van der Waals surface area contributed by atoms with E-state index >= 15 is 0 Å². The summed E-state index contributed by atoms with van der Waals surface area (Å²) in [5.41, 5.74) is 7.28. The Hall–Kier alpha value is -1.23. The van der Waals surface area contributed by atoms with E-state index in [4.69, 9.17) is 5.73 Å². The van der Waals surface area contributed by atoms with Crippen LogP contribution in [0, 0.1) is 0 Å². The molecule has 2 nitrogen and oxygen atoms in total. The lowest BCUT2D eigenvalue weighted by Gasteiger charge is -2.08. The van der Waals surface area contributed by atoms with Gasteiger partial charge in [-0.05, 0) is 29.1 Å². The van der Waals surface area contributed by atoms with Crippen LogP contribution in [0.5, 0.6) is 0 Å². The number of nitrogens with two attached hydrogens (primary N) is 1. The molecule has 3 aromatic heterocycles. The second-order valence-electron chi connectivity index (χ2n) is 3.56. The van der Waals surface area contributed by atoms with Crippen LogP contribution in [-0.2, 0) is 0 Å². The third-order valence-electron chi connectivity index (χ3n) is 2.51. The van der Waals surface area contributed by atoms with E-state index in [1.165, 1.54) is 14.3 Å². The van der Waals surface area contributed by atoms with Crippen molar-refractivity contribution in [3.8, 4) is 0 Å². The summed E-state index contributed by atoms with van der Waals surface area (Å²) in [6, 6.07) is 8.21. The highest BCUT2D eigenvalue weighted by Crippen LogP contribution is 2.34. The first-order chi connectivity index (χ1) is 7.84. The van der Waals surface area contributed by atoms with Gasteiger partial charge >= 0.3 is 0 Å². The molecule has 80 valence electrons. The van der Waals surface area contributed by atoms with Crippen LogP contribution >= 0.6 is 22.7 Å². The predicted molar refractivity (Wildman–Crippen MR) is 70.0 cm³/mol. The van der Waals surface area contributed by atoms with Crippen molar-refractivity contribution in [2.45, 2.75) is 6.04 Å². The Balaban J connectivity index is 2.01. The van der Waals surface area contributed by atoms with Crippen molar-refractivity contribution in [3.05, 3.63) is 52.5 Å². The lowest BCUT2D eigenvalue weighted by molar-refractivity contribution is 0.885. The van der Waals surface area contributed by atoms with E-state index in [0.717, 1.165) is 5.56 Å². The predicted octanol–water partition coefficient (Wildman–Crippen LogP) is 3.41. The number of hydrogen-bond acceptors (Lipinski definition) is 4. The molecule has 3 rings (SSSR count). The molecule has 0 radical (unpaired) electrons. The van der Waals surface area contributed by atoms with Gasteiger partial charge in [0.2, 0.25) is 0 Å². The average molecular weight is 246 g/mol. The highest BCUT2D eigenvalue weighted by atomic mass is 32.1. The molecule has 2 N–H and O–H groups in total. The highest BCUT2D eigenvalue weighted by Gasteiger charge is 2.12. The molecule has 4 heteroatoms. The molecule has 0 saturated carbocycles. The van der Waals surface area contributed by atoms with Crippen LogP contribution in [0.4, 0.5) is 0 Å². The second kappa shape index (κ2) is 3.97. The molecular formula is C12H10N2S2. The van der Waals surface area contributed by atoms with Gasteiger partial charge < -0.3 is 5.73 Å². The van der Waals surface area contributed by atoms with E-state index in [1.807, 2.05) is 18.3 Å². The third-order valence-corrected chi connectivity index (χ3v) is 4.68. The molecule has 1 atom stereocenters. The minimum atomic E-state index is -0.0571. The molecule has 0 spiro atoms. The lowest BCUT2D eigenvalue weighted by Crippen LogP contribution is -2.10. The Kier molecular flexibility index (Phi) is 2.47. The van der Waals surface area contributed by atoms with Crippen molar-refractivity contribution in [2.24, 2.45) is 5.73 Å². The van der Waals surface area contributed by atoms with Crippen molar-refractivity contribution >= 4 is 32.1 Å². The van der Waals surface area contributed by atoms with Gasteiger partial charge in [0.05, 0.1) is 6.04 Å². The SMILES string of the molecule is NC(c1cccnc1)c1cc2sccc2s1. The fourth-order valence-electron chi connectivity index (χ4n) is 1.66. The Bertz CT molecular complexity index is 569. The quantitative estimate of drug-likeness (QED) is 0.752. The molecule has 0 bridgehead atoms. The van der Waals surface area contributed by atoms with Gasteiger partial charge in [0.1, 0.15) is 0 Å². The normalized spacial score (nSPS) is 13.1. The molecule has 1 unspecified atom stereocenters. The molecule has 0 aromatic carbocycles. The van der Waals surface area contributed by atoms with E-state index in [9.17, 15) is 0 Å². The fraction of sp³-hybridized carbons (Fsp3) is 0.0833. The van der Waals surface area contributed by atoms with E-state index < -0.39 is 0 Å². The highest BCUT2D eigenvalue weighted by molar-refractivity contribution is 7.26. The minimum absolute atomic E-state index is 0.0571. The van der Waals surface area contributed by atoms with Gasteiger partial charge in [-0.2, -0.15) is 0 Å². The van der Waals surface area contributed by atoms with Crippen molar-refractivity contribution in [2.75, 3.05) is 0 Å². The van der Waals surface area contributed by atoms with Gasteiger partial charge in [-0.15, -0.1) is 22.7 Å². The zero-order valence-electron chi connectivity index (χ0n) is 8.46. The first-order valence-electron chi connectivity index (χ1n) is 4.97. The number of rotatable bonds is 2. The van der Waals surface area contributed by atoms with Crippen molar-refractivity contribution < 1.29 is 0 Å². The summed E-state index contributed by atoms with van der Waals surface area (Å²) in [6.45, 7) is 0. The van der Waals surface area contributed by atoms with Crippen LogP contribution < -0.4 is 5.73 Å². The smallest absolute Gasteiger partial charge is 0.0661 e. The van der Waals surface area contributed by atoms with Crippen LogP contribution in [0.1, 0.15) is 16.5 Å². The molecular weight excluding hydrogens is 236 g/mol. The number of thiophene rings is 2. The molecule has 3 heterocycles. The molecule has 0 fully saturated rings. The zero-order valence-corrected chi connectivity index (χ0v) is 10.1. The van der Waals surface area contributed by atoms with E-state index in [-0.39, 0.29) is 6.04 Å². The van der Waals surface area contributed by atoms with Crippen LogP contribution in [0.25, 0.3) is 9.40 Å². The number of fused-ring (bicyclic) bond motifs is 1. The summed E-state index contributed by atoms with van der Waals surface area (Å²) in [4.78, 5) is 5.30. The largest absolute Gasteiger partial charge is 0.320 e. The molecule has 0 saturated heterocycles. The molecule has 0 aliphatic heterocycles. The zero-order chi connectivity index (χ0) is 11.0. The first-order valence-corrected chi connectivity index (χ1v) is 6.66. The van der Waals surface area contributed by atoms with Crippen LogP contribution in [0.3, 0.4) is 0 Å². The second-order valence-corrected chi connectivity index (χ2v) is 5.62. The van der Waals surface area contributed by atoms with Gasteiger partial charge in [0.15, 0.2) is 0 Å². The Morgan fingerprint density at radius 3 is 2.94 bits per heavy atom. The van der Waals surface area contributed by atoms with Gasteiger partial charge in [0, 0.05) is 26.7 Å². The minimum Gasteiger partial charge on any atom is -0.320 e. The maximum absolute atomic E-state index is 6.21. The number of nitrogens with zero attached hydrogens (tertiary/aromatic N) is 1. The molecule has 0 aliphatic rings. The van der Waals surface area contributed by atoms with Gasteiger partial charge in [-0.1, -0.05) is 6.07 Å². The van der Waals surface area contributed by atoms with E-state index in [1.54, 1.807) is 28.9 Å². The maximum atomic E-state index is 6.21. The molecule has 0 aliphatic carbocycles. The lowest BCUT2D eigenvalue weighted by atomic mass is 10.1. The van der Waals surface area contributed by atoms with Crippen LogP contribution in [-0.4, -0.2) is 4.98 Å². The standard InChI is InChI=1S/C12H10N2S2/c13-12(8-2-1-4-14-7-8)11-6-10-9(16-11)3-5-15-10/h1-7,12H,13H2. The van der Waals surface area contributed by atoms with E-state index in [0.29, 0.717) is 0 Å². The molecule has 3 aromatic rings. The van der Waals surface area contributed by atoms with Crippen LogP contribution in [0.2, 0.25) is 0 Å². The fourth-order valence-corrected chi connectivity index (χ4v) is 3.81. The van der Waals surface area contributed by atoms with Gasteiger partial charge in [0.25, 0.3) is 0 Å². The van der Waals surface area contributed by atoms with Crippen molar-refractivity contribution in [1.29, 1.82) is 0 Å². The van der Waals surface area contributed by atoms with Gasteiger partial charge in [-0.3, -0.25) is 4.98 Å². The van der Waals surface area contributed by atoms with E-state index in [2.05, 4.69) is 22.5 Å². The Labute approximate surface area is 101 Å². The molecule has 0 amide bonds. The number of aromatic nitrogens is 1. The maximum Gasteiger partial charge on any atom is 0.0661 e. The van der Waals surface area contributed by atoms with Crippen LogP contribution in [0.15, 0.2) is 42.0 Å². The molecule has 16 heavy (non-hydrogen) atoms. The van der Waals surface area contributed by atoms with Crippen molar-refractivity contribution in [1.82, 2.24) is 4.98 Å². The first kappa shape index (κ1) is 9.96. The summed E-state index contributed by atoms with van der Waals surface area (Å²) in [7, 11) is 0. The summed E-state index contributed by atoms with van der Waals surface area (Å²) < 4.78 is 2.64. The summed E-state index contributed by atoms with van der Waals surface area (Å²) in [5, 5.41) is 2.11. The number of hydrogen-bond donors (Lipinski definition) is 1.